The van der Waals surface area contributed by atoms with E-state index in [-0.39, 0.29) is 5.69 Å². The first kappa shape index (κ1) is 13.4. The molecule has 0 saturated carbocycles. The molecule has 2 aromatic rings. The average molecular weight is 286 g/mol. The summed E-state index contributed by atoms with van der Waals surface area (Å²) in [5.74, 6) is 0.896. The van der Waals surface area contributed by atoms with Gasteiger partial charge < -0.3 is 4.52 Å². The van der Waals surface area contributed by atoms with Gasteiger partial charge in [0.25, 0.3) is 5.69 Å². The number of benzene rings is 1. The van der Waals surface area contributed by atoms with E-state index in [1.54, 1.807) is 12.1 Å². The smallest absolute Gasteiger partial charge is 0.270 e. The van der Waals surface area contributed by atoms with E-state index in [9.17, 15) is 10.1 Å². The molecule has 0 bridgehead atoms. The number of hydrogen-bond acceptors (Lipinski definition) is 6. The van der Waals surface area contributed by atoms with Crippen molar-refractivity contribution in [1.29, 1.82) is 0 Å². The molecule has 7 nitrogen and oxygen atoms in total. The zero-order valence-electron chi connectivity index (χ0n) is 11.3. The van der Waals surface area contributed by atoms with Crippen LogP contribution in [0.5, 0.6) is 0 Å². The topological polar surface area (TPSA) is 85.3 Å². The van der Waals surface area contributed by atoms with Crippen molar-refractivity contribution < 1.29 is 9.45 Å². The van der Waals surface area contributed by atoms with E-state index in [1.807, 2.05) is 0 Å². The molecule has 7 heteroatoms. The van der Waals surface area contributed by atoms with Crippen LogP contribution in [0.2, 0.25) is 0 Å². The minimum absolute atomic E-state index is 0.0139. The Bertz CT molecular complexity index is 680. The number of hydrogen-bond donors (Lipinski definition) is 0. The third-order valence-corrected chi connectivity index (χ3v) is 3.28. The van der Waals surface area contributed by atoms with Gasteiger partial charge >= 0.3 is 0 Å². The van der Waals surface area contributed by atoms with Gasteiger partial charge in [-0.25, -0.2) is 0 Å². The molecular weight excluding hydrogens is 272 g/mol. The van der Waals surface area contributed by atoms with E-state index in [4.69, 9.17) is 4.52 Å². The highest BCUT2D eigenvalue weighted by molar-refractivity contribution is 5.58. The fraction of sp³-hybridized carbons (Fsp3) is 0.286. The summed E-state index contributed by atoms with van der Waals surface area (Å²) in [7, 11) is 0. The van der Waals surface area contributed by atoms with Crippen molar-refractivity contribution in [2.75, 3.05) is 13.1 Å². The summed E-state index contributed by atoms with van der Waals surface area (Å²) >= 11 is 0. The lowest BCUT2D eigenvalue weighted by molar-refractivity contribution is -0.384. The van der Waals surface area contributed by atoms with Crippen LogP contribution < -0.4 is 0 Å². The minimum atomic E-state index is -0.440. The minimum Gasteiger partial charge on any atom is -0.338 e. The summed E-state index contributed by atoms with van der Waals surface area (Å²) in [6.07, 6.45) is 5.28. The first-order valence-corrected chi connectivity index (χ1v) is 6.67. The van der Waals surface area contributed by atoms with Gasteiger partial charge in [-0.1, -0.05) is 29.4 Å². The van der Waals surface area contributed by atoms with Gasteiger partial charge in [0.15, 0.2) is 0 Å². The van der Waals surface area contributed by atoms with Crippen molar-refractivity contribution in [3.63, 3.8) is 0 Å². The van der Waals surface area contributed by atoms with Crippen molar-refractivity contribution in [2.24, 2.45) is 0 Å². The van der Waals surface area contributed by atoms with Crippen molar-refractivity contribution >= 4 is 5.69 Å². The van der Waals surface area contributed by atoms with Crippen LogP contribution in [0.25, 0.3) is 11.4 Å². The van der Waals surface area contributed by atoms with Crippen LogP contribution in [0, 0.1) is 10.1 Å². The van der Waals surface area contributed by atoms with E-state index >= 15 is 0 Å². The molecule has 1 aliphatic heterocycles. The number of rotatable bonds is 4. The van der Waals surface area contributed by atoms with Gasteiger partial charge in [0, 0.05) is 30.8 Å². The second-order valence-electron chi connectivity index (χ2n) is 4.81. The lowest BCUT2D eigenvalue weighted by Crippen LogP contribution is -2.26. The maximum Gasteiger partial charge on any atom is 0.270 e. The first-order chi connectivity index (χ1) is 10.2. The number of non-ortho nitro benzene ring substituents is 1. The molecule has 0 atom stereocenters. The molecule has 0 radical (unpaired) electrons. The summed E-state index contributed by atoms with van der Waals surface area (Å²) < 4.78 is 5.23. The van der Waals surface area contributed by atoms with Gasteiger partial charge in [0.1, 0.15) is 0 Å². The van der Waals surface area contributed by atoms with Crippen LogP contribution in [0.15, 0.2) is 40.9 Å². The molecule has 0 unspecified atom stereocenters. The molecule has 0 aliphatic carbocycles. The molecule has 0 spiro atoms. The second-order valence-corrected chi connectivity index (χ2v) is 4.81. The van der Waals surface area contributed by atoms with Crippen molar-refractivity contribution in [1.82, 2.24) is 15.0 Å². The number of nitro benzene ring substituents is 1. The number of aromatic nitrogens is 2. The molecule has 21 heavy (non-hydrogen) atoms. The summed E-state index contributed by atoms with van der Waals surface area (Å²) in [4.78, 5) is 16.8. The lowest BCUT2D eigenvalue weighted by atomic mass is 10.2. The average Bonchev–Trinajstić information content (AvgIpc) is 2.97. The van der Waals surface area contributed by atoms with Gasteiger partial charge in [-0.3, -0.25) is 15.0 Å². The Balaban J connectivity index is 1.76. The highest BCUT2D eigenvalue weighted by Gasteiger charge is 2.15. The quantitative estimate of drug-likeness (QED) is 0.487. The van der Waals surface area contributed by atoms with Crippen LogP contribution in [0.3, 0.4) is 0 Å². The zero-order valence-corrected chi connectivity index (χ0v) is 11.3. The fourth-order valence-corrected chi connectivity index (χ4v) is 2.22. The van der Waals surface area contributed by atoms with Crippen LogP contribution in [0.1, 0.15) is 12.3 Å². The van der Waals surface area contributed by atoms with Gasteiger partial charge in [0.2, 0.25) is 11.7 Å². The molecule has 3 rings (SSSR count). The van der Waals surface area contributed by atoms with Crippen LogP contribution in [-0.2, 0) is 6.54 Å². The van der Waals surface area contributed by atoms with E-state index in [1.165, 1.54) is 12.1 Å². The SMILES string of the molecule is O=[N+]([O-])c1cccc(-c2noc(CN3CC=CCC3)n2)c1. The van der Waals surface area contributed by atoms with E-state index in [0.717, 1.165) is 19.5 Å². The molecule has 0 fully saturated rings. The Morgan fingerprint density at radius 2 is 2.29 bits per heavy atom. The van der Waals surface area contributed by atoms with Crippen LogP contribution in [0.4, 0.5) is 5.69 Å². The Labute approximate surface area is 121 Å². The van der Waals surface area contributed by atoms with Gasteiger partial charge in [-0.15, -0.1) is 0 Å². The second kappa shape index (κ2) is 5.84. The summed E-state index contributed by atoms with van der Waals surface area (Å²) in [5, 5.41) is 14.7. The van der Waals surface area contributed by atoms with E-state index in [2.05, 4.69) is 27.2 Å². The van der Waals surface area contributed by atoms with E-state index < -0.39 is 4.92 Å². The maximum atomic E-state index is 10.8. The summed E-state index contributed by atoms with van der Waals surface area (Å²) in [6, 6.07) is 6.22. The molecule has 1 aromatic carbocycles. The summed E-state index contributed by atoms with van der Waals surface area (Å²) in [6.45, 7) is 2.42. The summed E-state index contributed by atoms with van der Waals surface area (Å²) in [5.41, 5.74) is 0.595. The molecule has 0 amide bonds. The Morgan fingerprint density at radius 1 is 1.38 bits per heavy atom. The standard InChI is InChI=1S/C14H14N4O3/c19-18(20)12-6-4-5-11(9-12)14-15-13(21-16-14)10-17-7-2-1-3-8-17/h1-2,4-6,9H,3,7-8,10H2. The lowest BCUT2D eigenvalue weighted by Gasteiger charge is -2.20. The Kier molecular flexibility index (Phi) is 3.74. The number of nitro groups is 1. The van der Waals surface area contributed by atoms with Crippen LogP contribution >= 0.6 is 0 Å². The zero-order chi connectivity index (χ0) is 14.7. The highest BCUT2D eigenvalue weighted by Crippen LogP contribution is 2.21. The predicted molar refractivity (Wildman–Crippen MR) is 75.4 cm³/mol. The van der Waals surface area contributed by atoms with Crippen molar-refractivity contribution in [2.45, 2.75) is 13.0 Å². The molecule has 0 N–H and O–H groups in total. The molecule has 108 valence electrons. The maximum absolute atomic E-state index is 10.8. The van der Waals surface area contributed by atoms with Crippen molar-refractivity contribution in [3.05, 3.63) is 52.4 Å². The van der Waals surface area contributed by atoms with Gasteiger partial charge in [-0.2, -0.15) is 4.98 Å². The molecule has 2 heterocycles. The predicted octanol–water partition coefficient (Wildman–Crippen LogP) is 2.41. The third-order valence-electron chi connectivity index (χ3n) is 3.28. The van der Waals surface area contributed by atoms with Gasteiger partial charge in [-0.05, 0) is 6.42 Å². The number of nitrogens with zero attached hydrogens (tertiary/aromatic N) is 4. The largest absolute Gasteiger partial charge is 0.338 e. The molecule has 0 saturated heterocycles. The molecule has 1 aromatic heterocycles. The molecular formula is C14H14N4O3. The molecule has 1 aliphatic rings. The normalized spacial score (nSPS) is 15.2. The Hall–Kier alpha value is -2.54. The monoisotopic (exact) mass is 286 g/mol. The first-order valence-electron chi connectivity index (χ1n) is 6.67. The fourth-order valence-electron chi connectivity index (χ4n) is 2.22. The third kappa shape index (κ3) is 3.14. The van der Waals surface area contributed by atoms with Gasteiger partial charge in [0.05, 0.1) is 11.5 Å². The van der Waals surface area contributed by atoms with Crippen LogP contribution in [-0.4, -0.2) is 33.1 Å². The highest BCUT2D eigenvalue weighted by atomic mass is 16.6. The van der Waals surface area contributed by atoms with E-state index in [0.29, 0.717) is 23.8 Å². The Morgan fingerprint density at radius 3 is 3.05 bits per heavy atom. The van der Waals surface area contributed by atoms with Crippen molar-refractivity contribution in [3.8, 4) is 11.4 Å².